The third kappa shape index (κ3) is 1.56. The number of hydrogen-bond acceptors (Lipinski definition) is 2. The molecule has 1 saturated carbocycles. The van der Waals surface area contributed by atoms with Gasteiger partial charge >= 0.3 is 0 Å². The molecule has 2 N–H and O–H groups in total. The number of nitrogens with zero attached hydrogens (tertiary/aromatic N) is 1. The van der Waals surface area contributed by atoms with Gasteiger partial charge in [0.1, 0.15) is 0 Å². The molecule has 1 heterocycles. The fraction of sp³-hybridized carbons (Fsp3) is 0.923. The third-order valence-electron chi connectivity index (χ3n) is 4.69. The molecule has 2 fully saturated rings. The van der Waals surface area contributed by atoms with Crippen LogP contribution in [0.2, 0.25) is 0 Å². The maximum atomic E-state index is 12.4. The van der Waals surface area contributed by atoms with E-state index in [0.29, 0.717) is 18.4 Å². The molecule has 0 aromatic carbocycles. The van der Waals surface area contributed by atoms with Gasteiger partial charge in [0.05, 0.1) is 5.54 Å². The molecule has 0 aromatic rings. The van der Waals surface area contributed by atoms with Crippen molar-refractivity contribution in [1.82, 2.24) is 4.90 Å². The summed E-state index contributed by atoms with van der Waals surface area (Å²) in [6.07, 6.45) is 5.64. The molecule has 2 aliphatic rings. The lowest BCUT2D eigenvalue weighted by atomic mass is 9.67. The summed E-state index contributed by atoms with van der Waals surface area (Å²) in [5, 5.41) is 0. The van der Waals surface area contributed by atoms with Gasteiger partial charge in [-0.3, -0.25) is 4.79 Å². The summed E-state index contributed by atoms with van der Waals surface area (Å²) < 4.78 is 0. The van der Waals surface area contributed by atoms with Crippen LogP contribution in [0.4, 0.5) is 0 Å². The molecule has 3 unspecified atom stereocenters. The molecule has 3 heteroatoms. The number of hydrogen-bond donors (Lipinski definition) is 1. The standard InChI is InChI=1S/C13H24N2O/c1-3-4-10(2)12(16)15-8-6-11-5-7-13(11,15)9-14/h10-11H,3-9,14H2,1-2H3. The number of fused-ring (bicyclic) bond motifs is 1. The topological polar surface area (TPSA) is 46.3 Å². The largest absolute Gasteiger partial charge is 0.335 e. The molecule has 1 aliphatic carbocycles. The molecular weight excluding hydrogens is 200 g/mol. The lowest BCUT2D eigenvalue weighted by Gasteiger charge is -2.50. The van der Waals surface area contributed by atoms with E-state index in [2.05, 4.69) is 18.7 Å². The van der Waals surface area contributed by atoms with Gasteiger partial charge in [-0.1, -0.05) is 20.3 Å². The number of nitrogens with two attached hydrogens (primary N) is 1. The van der Waals surface area contributed by atoms with Crippen LogP contribution < -0.4 is 5.73 Å². The van der Waals surface area contributed by atoms with Crippen molar-refractivity contribution in [2.75, 3.05) is 13.1 Å². The quantitative estimate of drug-likeness (QED) is 0.791. The minimum absolute atomic E-state index is 0.0546. The van der Waals surface area contributed by atoms with Crippen LogP contribution in [0.25, 0.3) is 0 Å². The maximum absolute atomic E-state index is 12.4. The van der Waals surface area contributed by atoms with Crippen LogP contribution in [0.15, 0.2) is 0 Å². The first-order chi connectivity index (χ1) is 7.65. The minimum Gasteiger partial charge on any atom is -0.335 e. The molecule has 92 valence electrons. The van der Waals surface area contributed by atoms with Gasteiger partial charge in [-0.05, 0) is 31.6 Å². The predicted octanol–water partition coefficient (Wildman–Crippen LogP) is 1.76. The van der Waals surface area contributed by atoms with Gasteiger partial charge < -0.3 is 10.6 Å². The van der Waals surface area contributed by atoms with E-state index in [9.17, 15) is 4.79 Å². The molecule has 16 heavy (non-hydrogen) atoms. The summed E-state index contributed by atoms with van der Waals surface area (Å²) in [6.45, 7) is 5.79. The van der Waals surface area contributed by atoms with Gasteiger partial charge in [0.2, 0.25) is 5.91 Å². The van der Waals surface area contributed by atoms with Crippen molar-refractivity contribution >= 4 is 5.91 Å². The second kappa shape index (κ2) is 4.36. The number of rotatable bonds is 4. The van der Waals surface area contributed by atoms with E-state index >= 15 is 0 Å². The van der Waals surface area contributed by atoms with E-state index in [1.165, 1.54) is 12.8 Å². The van der Waals surface area contributed by atoms with Gasteiger partial charge in [0.15, 0.2) is 0 Å². The third-order valence-corrected chi connectivity index (χ3v) is 4.69. The Morgan fingerprint density at radius 1 is 1.56 bits per heavy atom. The first-order valence-electron chi connectivity index (χ1n) is 6.67. The normalized spacial score (nSPS) is 34.4. The number of amides is 1. The van der Waals surface area contributed by atoms with Crippen molar-refractivity contribution < 1.29 is 4.79 Å². The Balaban J connectivity index is 2.06. The molecule has 3 atom stereocenters. The van der Waals surface area contributed by atoms with Gasteiger partial charge in [-0.15, -0.1) is 0 Å². The Bertz CT molecular complexity index is 275. The van der Waals surface area contributed by atoms with Crippen LogP contribution in [0.3, 0.4) is 0 Å². The Kier molecular flexibility index (Phi) is 3.24. The van der Waals surface area contributed by atoms with Gasteiger partial charge in [-0.2, -0.15) is 0 Å². The van der Waals surface area contributed by atoms with E-state index in [1.54, 1.807) is 0 Å². The Labute approximate surface area is 98.4 Å². The Morgan fingerprint density at radius 2 is 2.31 bits per heavy atom. The SMILES string of the molecule is CCCC(C)C(=O)N1CCC2CCC21CN. The highest BCUT2D eigenvalue weighted by molar-refractivity contribution is 5.80. The summed E-state index contributed by atoms with van der Waals surface area (Å²) in [4.78, 5) is 14.5. The summed E-state index contributed by atoms with van der Waals surface area (Å²) >= 11 is 0. The average molecular weight is 224 g/mol. The second-order valence-electron chi connectivity index (χ2n) is 5.51. The molecule has 0 radical (unpaired) electrons. The zero-order chi connectivity index (χ0) is 11.8. The van der Waals surface area contributed by atoms with Crippen molar-refractivity contribution in [3.8, 4) is 0 Å². The van der Waals surface area contributed by atoms with Crippen LogP contribution >= 0.6 is 0 Å². The van der Waals surface area contributed by atoms with Crippen LogP contribution in [0, 0.1) is 11.8 Å². The molecule has 0 aromatic heterocycles. The highest BCUT2D eigenvalue weighted by atomic mass is 16.2. The van der Waals surface area contributed by atoms with E-state index in [-0.39, 0.29) is 11.5 Å². The van der Waals surface area contributed by atoms with Gasteiger partial charge in [-0.25, -0.2) is 0 Å². The first kappa shape index (κ1) is 11.9. The van der Waals surface area contributed by atoms with Crippen LogP contribution in [0.5, 0.6) is 0 Å². The van der Waals surface area contributed by atoms with E-state index in [1.807, 2.05) is 0 Å². The van der Waals surface area contributed by atoms with E-state index < -0.39 is 0 Å². The summed E-state index contributed by atoms with van der Waals surface area (Å²) in [6, 6.07) is 0. The molecule has 0 bridgehead atoms. The van der Waals surface area contributed by atoms with Crippen molar-refractivity contribution in [3.05, 3.63) is 0 Å². The zero-order valence-electron chi connectivity index (χ0n) is 10.5. The summed E-state index contributed by atoms with van der Waals surface area (Å²) in [5.74, 6) is 1.21. The van der Waals surface area contributed by atoms with Gasteiger partial charge in [0, 0.05) is 19.0 Å². The fourth-order valence-corrected chi connectivity index (χ4v) is 3.49. The molecule has 0 spiro atoms. The lowest BCUT2D eigenvalue weighted by Crippen LogP contribution is -2.61. The number of carbonyl (C=O) groups excluding carboxylic acids is 1. The number of likely N-dealkylation sites (tertiary alicyclic amines) is 1. The fourth-order valence-electron chi connectivity index (χ4n) is 3.49. The maximum Gasteiger partial charge on any atom is 0.225 e. The van der Waals surface area contributed by atoms with E-state index in [4.69, 9.17) is 5.73 Å². The van der Waals surface area contributed by atoms with Crippen molar-refractivity contribution in [3.63, 3.8) is 0 Å². The van der Waals surface area contributed by atoms with E-state index in [0.717, 1.165) is 25.8 Å². The molecular formula is C13H24N2O. The Morgan fingerprint density at radius 3 is 2.81 bits per heavy atom. The first-order valence-corrected chi connectivity index (χ1v) is 6.67. The molecule has 2 rings (SSSR count). The predicted molar refractivity (Wildman–Crippen MR) is 64.9 cm³/mol. The second-order valence-corrected chi connectivity index (χ2v) is 5.51. The van der Waals surface area contributed by atoms with Crippen LogP contribution in [0.1, 0.15) is 46.0 Å². The lowest BCUT2D eigenvalue weighted by molar-refractivity contribution is -0.143. The monoisotopic (exact) mass is 224 g/mol. The Hall–Kier alpha value is -0.570. The highest BCUT2D eigenvalue weighted by Gasteiger charge is 2.55. The summed E-state index contributed by atoms with van der Waals surface area (Å²) in [5.41, 5.74) is 5.97. The average Bonchev–Trinajstić information content (AvgIpc) is 2.50. The zero-order valence-corrected chi connectivity index (χ0v) is 10.5. The van der Waals surface area contributed by atoms with Crippen molar-refractivity contribution in [2.24, 2.45) is 17.6 Å². The molecule has 3 nitrogen and oxygen atoms in total. The summed E-state index contributed by atoms with van der Waals surface area (Å²) in [7, 11) is 0. The molecule has 1 aliphatic heterocycles. The number of carbonyl (C=O) groups is 1. The van der Waals surface area contributed by atoms with Crippen LogP contribution in [-0.4, -0.2) is 29.4 Å². The molecule has 1 saturated heterocycles. The molecule has 1 amide bonds. The van der Waals surface area contributed by atoms with Crippen molar-refractivity contribution in [1.29, 1.82) is 0 Å². The van der Waals surface area contributed by atoms with Gasteiger partial charge in [0.25, 0.3) is 0 Å². The minimum atomic E-state index is 0.0546. The van der Waals surface area contributed by atoms with Crippen molar-refractivity contribution in [2.45, 2.75) is 51.5 Å². The highest BCUT2D eigenvalue weighted by Crippen LogP contribution is 2.50. The van der Waals surface area contributed by atoms with Crippen LogP contribution in [-0.2, 0) is 4.79 Å². The smallest absolute Gasteiger partial charge is 0.225 e.